The Bertz CT molecular complexity index is 423. The van der Waals surface area contributed by atoms with E-state index in [9.17, 15) is 19.2 Å². The highest BCUT2D eigenvalue weighted by atomic mass is 16.4. The standard InChI is InChI=1S/C14H19NO5/c1-10(14(19)20)9-11(16)5-3-2-4-8-15-12(17)6-7-13(15)18/h6-7,10H,2-5,8-9H2,1H3,(H,19,20)/t10-/m1/s1. The quantitative estimate of drug-likeness (QED) is 0.505. The lowest BCUT2D eigenvalue weighted by Gasteiger charge is -2.13. The van der Waals surface area contributed by atoms with Crippen LogP contribution in [0.4, 0.5) is 0 Å². The van der Waals surface area contributed by atoms with Gasteiger partial charge in [-0.25, -0.2) is 0 Å². The molecule has 6 nitrogen and oxygen atoms in total. The number of hydrogen-bond acceptors (Lipinski definition) is 4. The van der Waals surface area contributed by atoms with Gasteiger partial charge in [0.2, 0.25) is 0 Å². The van der Waals surface area contributed by atoms with E-state index in [1.54, 1.807) is 0 Å². The molecule has 0 unspecified atom stereocenters. The number of carbonyl (C=O) groups excluding carboxylic acids is 3. The number of carboxylic acid groups (broad SMARTS) is 1. The van der Waals surface area contributed by atoms with Gasteiger partial charge in [0, 0.05) is 31.5 Å². The van der Waals surface area contributed by atoms with Gasteiger partial charge in [0.05, 0.1) is 5.92 Å². The van der Waals surface area contributed by atoms with Crippen LogP contribution in [0.25, 0.3) is 0 Å². The molecule has 1 aliphatic heterocycles. The molecule has 0 bridgehead atoms. The fourth-order valence-corrected chi connectivity index (χ4v) is 1.95. The number of unbranched alkanes of at least 4 members (excludes halogenated alkanes) is 2. The second kappa shape index (κ2) is 7.57. The number of imide groups is 1. The number of carboxylic acids is 1. The molecule has 0 aliphatic carbocycles. The van der Waals surface area contributed by atoms with Crippen molar-refractivity contribution in [2.75, 3.05) is 6.54 Å². The molecule has 0 aromatic rings. The lowest BCUT2D eigenvalue weighted by molar-refractivity contribution is -0.143. The molecule has 0 saturated carbocycles. The molecule has 0 fully saturated rings. The molecule has 1 atom stereocenters. The van der Waals surface area contributed by atoms with Crippen molar-refractivity contribution in [2.45, 2.75) is 39.0 Å². The van der Waals surface area contributed by atoms with E-state index in [2.05, 4.69) is 0 Å². The smallest absolute Gasteiger partial charge is 0.306 e. The molecule has 1 N–H and O–H groups in total. The summed E-state index contributed by atoms with van der Waals surface area (Å²) in [6, 6.07) is 0. The number of ketones is 1. The first-order valence-corrected chi connectivity index (χ1v) is 6.70. The van der Waals surface area contributed by atoms with Crippen LogP contribution in [0.5, 0.6) is 0 Å². The minimum absolute atomic E-state index is 0.0579. The van der Waals surface area contributed by atoms with E-state index < -0.39 is 11.9 Å². The van der Waals surface area contributed by atoms with Gasteiger partial charge in [-0.1, -0.05) is 13.3 Å². The number of amides is 2. The number of Topliss-reactive ketones (excluding diaryl/α,β-unsaturated/α-hetero) is 1. The average Bonchev–Trinajstić information content (AvgIpc) is 2.69. The summed E-state index contributed by atoms with van der Waals surface area (Å²) in [5.41, 5.74) is 0. The summed E-state index contributed by atoms with van der Waals surface area (Å²) in [7, 11) is 0. The molecular formula is C14H19NO5. The summed E-state index contributed by atoms with van der Waals surface area (Å²) in [5.74, 6) is -2.25. The zero-order chi connectivity index (χ0) is 15.1. The van der Waals surface area contributed by atoms with Crippen molar-refractivity contribution in [2.24, 2.45) is 5.92 Å². The summed E-state index contributed by atoms with van der Waals surface area (Å²) in [5, 5.41) is 8.68. The Labute approximate surface area is 117 Å². The summed E-state index contributed by atoms with van der Waals surface area (Å²) in [6.45, 7) is 1.88. The van der Waals surface area contributed by atoms with Gasteiger partial charge in [0.15, 0.2) is 0 Å². The van der Waals surface area contributed by atoms with E-state index in [1.807, 2.05) is 0 Å². The van der Waals surface area contributed by atoms with Crippen LogP contribution in [-0.2, 0) is 19.2 Å². The lowest BCUT2D eigenvalue weighted by Crippen LogP contribution is -2.30. The molecule has 0 radical (unpaired) electrons. The van der Waals surface area contributed by atoms with Gasteiger partial charge in [-0.05, 0) is 12.8 Å². The molecule has 6 heteroatoms. The Morgan fingerprint density at radius 1 is 1.15 bits per heavy atom. The Kier molecular flexibility index (Phi) is 6.09. The van der Waals surface area contributed by atoms with Crippen molar-refractivity contribution in [1.29, 1.82) is 0 Å². The molecule has 20 heavy (non-hydrogen) atoms. The fourth-order valence-electron chi connectivity index (χ4n) is 1.95. The highest BCUT2D eigenvalue weighted by molar-refractivity contribution is 6.12. The Hall–Kier alpha value is -1.98. The van der Waals surface area contributed by atoms with Gasteiger partial charge in [-0.2, -0.15) is 0 Å². The van der Waals surface area contributed by atoms with E-state index in [1.165, 1.54) is 24.0 Å². The third-order valence-corrected chi connectivity index (χ3v) is 3.19. The van der Waals surface area contributed by atoms with E-state index in [4.69, 9.17) is 5.11 Å². The van der Waals surface area contributed by atoms with Crippen LogP contribution in [0.1, 0.15) is 39.0 Å². The highest BCUT2D eigenvalue weighted by Gasteiger charge is 2.22. The van der Waals surface area contributed by atoms with Crippen LogP contribution in [0, 0.1) is 5.92 Å². The minimum atomic E-state index is -0.961. The van der Waals surface area contributed by atoms with Crippen LogP contribution in [0.2, 0.25) is 0 Å². The molecule has 0 aromatic heterocycles. The first kappa shape index (κ1) is 16.1. The van der Waals surface area contributed by atoms with Crippen LogP contribution >= 0.6 is 0 Å². The number of rotatable bonds is 9. The number of carbonyl (C=O) groups is 4. The minimum Gasteiger partial charge on any atom is -0.481 e. The van der Waals surface area contributed by atoms with Crippen molar-refractivity contribution >= 4 is 23.6 Å². The van der Waals surface area contributed by atoms with E-state index in [0.717, 1.165) is 6.42 Å². The maximum Gasteiger partial charge on any atom is 0.306 e. The van der Waals surface area contributed by atoms with Crippen molar-refractivity contribution in [3.8, 4) is 0 Å². The monoisotopic (exact) mass is 281 g/mol. The number of hydrogen-bond donors (Lipinski definition) is 1. The predicted molar refractivity (Wildman–Crippen MR) is 70.8 cm³/mol. The topological polar surface area (TPSA) is 91.8 Å². The maximum absolute atomic E-state index is 11.5. The zero-order valence-electron chi connectivity index (χ0n) is 11.5. The van der Waals surface area contributed by atoms with Crippen molar-refractivity contribution in [3.63, 3.8) is 0 Å². The third kappa shape index (κ3) is 4.95. The molecule has 1 aliphatic rings. The number of nitrogens with zero attached hydrogens (tertiary/aromatic N) is 1. The third-order valence-electron chi connectivity index (χ3n) is 3.19. The summed E-state index contributed by atoms with van der Waals surface area (Å²) >= 11 is 0. The molecule has 0 saturated heterocycles. The average molecular weight is 281 g/mol. The first-order valence-electron chi connectivity index (χ1n) is 6.70. The van der Waals surface area contributed by atoms with Crippen molar-refractivity contribution < 1.29 is 24.3 Å². The Morgan fingerprint density at radius 3 is 2.30 bits per heavy atom. The Balaban J connectivity index is 2.10. The molecule has 0 spiro atoms. The van der Waals surface area contributed by atoms with Gasteiger partial charge in [0.1, 0.15) is 5.78 Å². The van der Waals surface area contributed by atoms with Crippen LogP contribution in [0.15, 0.2) is 12.2 Å². The summed E-state index contributed by atoms with van der Waals surface area (Å²) in [4.78, 5) is 45.8. The summed E-state index contributed by atoms with van der Waals surface area (Å²) < 4.78 is 0. The van der Waals surface area contributed by atoms with Crippen LogP contribution < -0.4 is 0 Å². The van der Waals surface area contributed by atoms with Crippen LogP contribution in [-0.4, -0.2) is 40.1 Å². The predicted octanol–water partition coefficient (Wildman–Crippen LogP) is 1.15. The first-order chi connectivity index (χ1) is 9.41. The molecule has 1 heterocycles. The second-order valence-corrected chi connectivity index (χ2v) is 4.95. The van der Waals surface area contributed by atoms with E-state index in [0.29, 0.717) is 25.8 Å². The normalized spacial score (nSPS) is 15.8. The lowest BCUT2D eigenvalue weighted by atomic mass is 10.0. The second-order valence-electron chi connectivity index (χ2n) is 4.95. The van der Waals surface area contributed by atoms with Gasteiger partial charge in [0.25, 0.3) is 11.8 Å². The fraction of sp³-hybridized carbons (Fsp3) is 0.571. The highest BCUT2D eigenvalue weighted by Crippen LogP contribution is 2.10. The molecular weight excluding hydrogens is 262 g/mol. The Morgan fingerprint density at radius 2 is 1.75 bits per heavy atom. The molecule has 0 aromatic carbocycles. The zero-order valence-corrected chi connectivity index (χ0v) is 11.5. The largest absolute Gasteiger partial charge is 0.481 e. The molecule has 2 amide bonds. The number of aliphatic carboxylic acids is 1. The van der Waals surface area contributed by atoms with E-state index >= 15 is 0 Å². The SMILES string of the molecule is C[C@H](CC(=O)CCCCCN1C(=O)C=CC1=O)C(=O)O. The van der Waals surface area contributed by atoms with Crippen LogP contribution in [0.3, 0.4) is 0 Å². The molecule has 110 valence electrons. The maximum atomic E-state index is 11.5. The van der Waals surface area contributed by atoms with E-state index in [-0.39, 0.29) is 24.0 Å². The molecule has 1 rings (SSSR count). The summed E-state index contributed by atoms with van der Waals surface area (Å²) in [6.07, 6.45) is 4.93. The van der Waals surface area contributed by atoms with Gasteiger partial charge in [-0.15, -0.1) is 0 Å². The van der Waals surface area contributed by atoms with Crippen molar-refractivity contribution in [1.82, 2.24) is 4.90 Å². The van der Waals surface area contributed by atoms with Gasteiger partial charge >= 0.3 is 5.97 Å². The van der Waals surface area contributed by atoms with Gasteiger partial charge in [-0.3, -0.25) is 24.1 Å². The van der Waals surface area contributed by atoms with Crippen molar-refractivity contribution in [3.05, 3.63) is 12.2 Å². The van der Waals surface area contributed by atoms with Gasteiger partial charge < -0.3 is 5.11 Å².